The second kappa shape index (κ2) is 12.4. The molecular weight excluding hydrogens is 756 g/mol. The molecule has 4 heteroatoms. The van der Waals surface area contributed by atoms with Gasteiger partial charge in [0.05, 0.1) is 11.4 Å². The van der Waals surface area contributed by atoms with Gasteiger partial charge in [-0.25, -0.2) is 0 Å². The van der Waals surface area contributed by atoms with Crippen molar-refractivity contribution in [1.29, 1.82) is 0 Å². The van der Waals surface area contributed by atoms with Crippen LogP contribution in [-0.4, -0.2) is 9.97 Å². The van der Waals surface area contributed by atoms with Crippen molar-refractivity contribution in [2.24, 2.45) is 0 Å². The van der Waals surface area contributed by atoms with Crippen LogP contribution in [0.1, 0.15) is 75.2 Å². The number of pyridine rings is 2. The topological polar surface area (TPSA) is 35.0 Å². The first-order valence-electron chi connectivity index (χ1n) is 15.9. The Morgan fingerprint density at radius 1 is 0.532 bits per heavy atom. The molecule has 0 fully saturated rings. The summed E-state index contributed by atoms with van der Waals surface area (Å²) < 4.78 is 6.77. The molecule has 0 atom stereocenters. The van der Waals surface area contributed by atoms with Gasteiger partial charge < -0.3 is 4.74 Å². The first kappa shape index (κ1) is 32.6. The molecule has 0 amide bonds. The third-order valence-corrected chi connectivity index (χ3v) is 8.96. The molecule has 6 aromatic rings. The third kappa shape index (κ3) is 5.87. The van der Waals surface area contributed by atoms with E-state index in [0.29, 0.717) is 0 Å². The van der Waals surface area contributed by atoms with Crippen LogP contribution in [0.15, 0.2) is 121 Å². The molecule has 3 heterocycles. The molecule has 0 saturated carbocycles. The van der Waals surface area contributed by atoms with Gasteiger partial charge in [-0.3, -0.25) is 9.97 Å². The molecule has 0 aliphatic carbocycles. The summed E-state index contributed by atoms with van der Waals surface area (Å²) in [6, 6.07) is 48.6. The Bertz CT molecular complexity index is 1890. The SMILES string of the molecule is CC(C)(C)c1ccc2c(c1)C(c1cccc(-c3[c-]cccc3)n1)(c1cccc(-c3[c-]cccc3)n1)c1cc(C(C)(C)C)ccc1O2.[Pt+2]. The zero-order valence-corrected chi connectivity index (χ0v) is 29.9. The summed E-state index contributed by atoms with van der Waals surface area (Å²) in [7, 11) is 0. The van der Waals surface area contributed by atoms with Crippen LogP contribution in [-0.2, 0) is 37.3 Å². The zero-order valence-electron chi connectivity index (χ0n) is 27.7. The normalized spacial score (nSPS) is 13.5. The first-order valence-corrected chi connectivity index (χ1v) is 15.9. The molecule has 0 bridgehead atoms. The van der Waals surface area contributed by atoms with Crippen LogP contribution in [0.5, 0.6) is 11.5 Å². The molecule has 0 spiro atoms. The Morgan fingerprint density at radius 2 is 0.979 bits per heavy atom. The number of fused-ring (bicyclic) bond motifs is 2. The van der Waals surface area contributed by atoms with Crippen LogP contribution >= 0.6 is 0 Å². The van der Waals surface area contributed by atoms with Crippen molar-refractivity contribution in [3.63, 3.8) is 0 Å². The Morgan fingerprint density at radius 3 is 1.36 bits per heavy atom. The second-order valence-corrected chi connectivity index (χ2v) is 14.1. The summed E-state index contributed by atoms with van der Waals surface area (Å²) in [5.74, 6) is 1.61. The van der Waals surface area contributed by atoms with Gasteiger partial charge in [0.2, 0.25) is 0 Å². The summed E-state index contributed by atoms with van der Waals surface area (Å²) in [4.78, 5) is 10.9. The Kier molecular flexibility index (Phi) is 8.57. The van der Waals surface area contributed by atoms with Gasteiger partial charge in [-0.1, -0.05) is 77.9 Å². The number of aromatic nitrogens is 2. The molecule has 0 N–H and O–H groups in total. The number of hydrogen-bond donors (Lipinski definition) is 0. The van der Waals surface area contributed by atoms with Gasteiger partial charge in [-0.05, 0) is 69.7 Å². The van der Waals surface area contributed by atoms with E-state index in [1.165, 1.54) is 11.1 Å². The monoisotopic (exact) mass is 793 g/mol. The van der Waals surface area contributed by atoms with Crippen molar-refractivity contribution in [1.82, 2.24) is 9.97 Å². The van der Waals surface area contributed by atoms with Gasteiger partial charge in [-0.2, -0.15) is 0 Å². The summed E-state index contributed by atoms with van der Waals surface area (Å²) in [5.41, 5.74) is 8.80. The molecule has 1 aliphatic rings. The van der Waals surface area contributed by atoms with Gasteiger partial charge in [0.15, 0.2) is 0 Å². The van der Waals surface area contributed by atoms with Crippen LogP contribution in [0.3, 0.4) is 0 Å². The van der Waals surface area contributed by atoms with E-state index in [-0.39, 0.29) is 31.9 Å². The van der Waals surface area contributed by atoms with E-state index in [1.807, 2.05) is 36.4 Å². The standard InChI is InChI=1S/C43H38N2O.Pt/c1-41(2,3)31-23-25-37-33(27-31)43(34-28-32(42(4,5)6)24-26-38(34)46-37,39-21-13-19-35(44-39)29-15-9-7-10-16-29)40-22-14-20-36(45-40)30-17-11-8-12-18-30;/h7-15,17,19-28H,1-6H3;/q-2;+2. The number of nitrogens with zero attached hydrogens (tertiary/aromatic N) is 2. The predicted octanol–water partition coefficient (Wildman–Crippen LogP) is 10.5. The minimum atomic E-state index is -0.888. The largest absolute Gasteiger partial charge is 2.00 e. The molecule has 4 aromatic carbocycles. The molecule has 3 nitrogen and oxygen atoms in total. The maximum atomic E-state index is 6.77. The van der Waals surface area contributed by atoms with E-state index in [0.717, 1.165) is 56.5 Å². The van der Waals surface area contributed by atoms with E-state index in [9.17, 15) is 0 Å². The van der Waals surface area contributed by atoms with Crippen molar-refractivity contribution in [2.75, 3.05) is 0 Å². The molecule has 0 saturated heterocycles. The molecular formula is C43H38N2OPt. The fourth-order valence-corrected chi connectivity index (χ4v) is 6.40. The van der Waals surface area contributed by atoms with E-state index in [1.54, 1.807) is 0 Å². The predicted molar refractivity (Wildman–Crippen MR) is 186 cm³/mol. The Hall–Kier alpha value is -4.33. The fraction of sp³-hybridized carbons (Fsp3) is 0.209. The summed E-state index contributed by atoms with van der Waals surface area (Å²) in [5, 5.41) is 0. The van der Waals surface area contributed by atoms with E-state index in [2.05, 4.69) is 139 Å². The van der Waals surface area contributed by atoms with Gasteiger partial charge >= 0.3 is 21.1 Å². The van der Waals surface area contributed by atoms with Gasteiger partial charge in [0.25, 0.3) is 0 Å². The summed E-state index contributed by atoms with van der Waals surface area (Å²) >= 11 is 0. The van der Waals surface area contributed by atoms with Crippen molar-refractivity contribution in [2.45, 2.75) is 57.8 Å². The third-order valence-electron chi connectivity index (χ3n) is 8.96. The molecule has 2 aromatic heterocycles. The van der Waals surface area contributed by atoms with Gasteiger partial charge in [0.1, 0.15) is 16.9 Å². The van der Waals surface area contributed by atoms with Crippen LogP contribution in [0.2, 0.25) is 0 Å². The van der Waals surface area contributed by atoms with E-state index < -0.39 is 5.41 Å². The molecule has 1 aliphatic heterocycles. The smallest absolute Gasteiger partial charge is 0.457 e. The van der Waals surface area contributed by atoms with Crippen molar-refractivity contribution >= 4 is 0 Å². The zero-order chi connectivity index (χ0) is 32.1. The molecule has 0 radical (unpaired) electrons. The molecule has 0 unspecified atom stereocenters. The first-order chi connectivity index (χ1) is 22.0. The van der Waals surface area contributed by atoms with Crippen molar-refractivity contribution < 1.29 is 25.8 Å². The van der Waals surface area contributed by atoms with E-state index >= 15 is 0 Å². The number of benzene rings is 4. The van der Waals surface area contributed by atoms with Crippen LogP contribution < -0.4 is 4.74 Å². The minimum Gasteiger partial charge on any atom is -0.457 e. The average Bonchev–Trinajstić information content (AvgIpc) is 3.07. The summed E-state index contributed by atoms with van der Waals surface area (Å²) in [6.07, 6.45) is 0. The maximum Gasteiger partial charge on any atom is 2.00 e. The second-order valence-electron chi connectivity index (χ2n) is 14.1. The average molecular weight is 794 g/mol. The number of ether oxygens (including phenoxy) is 1. The number of rotatable bonds is 4. The molecule has 47 heavy (non-hydrogen) atoms. The van der Waals surface area contributed by atoms with Crippen molar-refractivity contribution in [3.8, 4) is 34.0 Å². The maximum absolute atomic E-state index is 6.77. The Balaban J connectivity index is 0.00000386. The van der Waals surface area contributed by atoms with Gasteiger partial charge in [-0.15, -0.1) is 71.8 Å². The Labute approximate surface area is 293 Å². The van der Waals surface area contributed by atoms with Crippen molar-refractivity contribution in [3.05, 3.63) is 167 Å². The van der Waals surface area contributed by atoms with E-state index in [4.69, 9.17) is 14.7 Å². The fourth-order valence-electron chi connectivity index (χ4n) is 6.40. The van der Waals surface area contributed by atoms with Crippen LogP contribution in [0.25, 0.3) is 22.5 Å². The van der Waals surface area contributed by atoms with Crippen LogP contribution in [0.4, 0.5) is 0 Å². The van der Waals surface area contributed by atoms with Crippen LogP contribution in [0, 0.1) is 12.1 Å². The molecule has 236 valence electrons. The number of hydrogen-bond acceptors (Lipinski definition) is 3. The quantitative estimate of drug-likeness (QED) is 0.167. The minimum absolute atomic E-state index is 0. The molecule has 7 rings (SSSR count). The summed E-state index contributed by atoms with van der Waals surface area (Å²) in [6.45, 7) is 13.5. The van der Waals surface area contributed by atoms with Gasteiger partial charge in [0, 0.05) is 11.1 Å².